The number of hydrogen-bond acceptors (Lipinski definition) is 12. The van der Waals surface area contributed by atoms with Crippen molar-refractivity contribution < 1.29 is 40.7 Å². The molecule has 2 heterocycles. The largest absolute Gasteiger partial charge is 0.494 e. The maximum Gasteiger partial charge on any atom is 0.254 e. The lowest BCUT2D eigenvalue weighted by molar-refractivity contribution is -0.136. The minimum Gasteiger partial charge on any atom is -0.494 e. The van der Waals surface area contributed by atoms with Crippen molar-refractivity contribution in [2.45, 2.75) is 107 Å². The molecule has 58 heavy (non-hydrogen) atoms. The minimum absolute atomic E-state index is 0.00254. The molecule has 15 nitrogen and oxygen atoms in total. The summed E-state index contributed by atoms with van der Waals surface area (Å²) in [5.41, 5.74) is -2.68. The van der Waals surface area contributed by atoms with Gasteiger partial charge < -0.3 is 14.8 Å². The molecule has 1 aromatic heterocycles. The summed E-state index contributed by atoms with van der Waals surface area (Å²) in [6.45, 7) is 14.4. The van der Waals surface area contributed by atoms with Crippen molar-refractivity contribution in [3.63, 3.8) is 0 Å². The van der Waals surface area contributed by atoms with Crippen LogP contribution in [-0.2, 0) is 34.4 Å². The highest BCUT2D eigenvalue weighted by molar-refractivity contribution is 7.91. The van der Waals surface area contributed by atoms with E-state index < -0.39 is 83.6 Å². The number of aromatic nitrogens is 1. The number of halogens is 1. The van der Waals surface area contributed by atoms with E-state index in [2.05, 4.69) is 31.6 Å². The van der Waals surface area contributed by atoms with Gasteiger partial charge in [-0.05, 0) is 81.8 Å². The van der Waals surface area contributed by atoms with E-state index in [-0.39, 0.29) is 30.2 Å². The van der Waals surface area contributed by atoms with E-state index in [0.29, 0.717) is 40.1 Å². The Balaban J connectivity index is 1.30. The Labute approximate surface area is 344 Å². The second-order valence-corrected chi connectivity index (χ2v) is 21.4. The van der Waals surface area contributed by atoms with Gasteiger partial charge in [-0.1, -0.05) is 44.5 Å². The lowest BCUT2D eigenvalue weighted by Gasteiger charge is -2.34. The number of carbonyl (C=O) groups is 3. The second kappa shape index (κ2) is 15.7. The van der Waals surface area contributed by atoms with E-state index in [1.165, 1.54) is 25.4 Å². The molecule has 3 aromatic rings. The molecule has 3 aliphatic rings. The van der Waals surface area contributed by atoms with E-state index in [9.17, 15) is 31.2 Å². The molecule has 314 valence electrons. The van der Waals surface area contributed by atoms with Gasteiger partial charge in [0, 0.05) is 45.9 Å². The summed E-state index contributed by atoms with van der Waals surface area (Å²) in [4.78, 5) is 48.7. The molecule has 6 rings (SSSR count). The summed E-state index contributed by atoms with van der Waals surface area (Å²) in [5.74, 6) is -2.04. The van der Waals surface area contributed by atoms with Crippen molar-refractivity contribution in [2.75, 3.05) is 19.0 Å². The van der Waals surface area contributed by atoms with E-state index in [4.69, 9.17) is 21.1 Å². The number of anilines is 1. The number of ether oxygens (including phenoxy) is 2. The number of fused-ring (bicyclic) bond motifs is 1. The monoisotopic (exact) mass is 858 g/mol. The van der Waals surface area contributed by atoms with E-state index >= 15 is 0 Å². The van der Waals surface area contributed by atoms with Crippen LogP contribution in [0.4, 0.5) is 5.69 Å². The summed E-state index contributed by atoms with van der Waals surface area (Å²) in [6, 6.07) is 8.98. The molecular formula is C40H51ClN6O9S2. The quantitative estimate of drug-likeness (QED) is 0.166. The predicted molar refractivity (Wildman–Crippen MR) is 220 cm³/mol. The molecule has 0 spiro atoms. The number of carbonyl (C=O) groups excluding carboxylic acids is 3. The summed E-state index contributed by atoms with van der Waals surface area (Å²) < 4.78 is 69.1. The van der Waals surface area contributed by atoms with Crippen molar-refractivity contribution in [3.8, 4) is 11.6 Å². The normalized spacial score (nSPS) is 23.1. The third kappa shape index (κ3) is 9.13. The number of methoxy groups -OCH3 is 1. The molecule has 0 radical (unpaired) electrons. The SMILES string of the molecule is C=C[C@@H]1C[C@@]1(C(=O)NS(=O)(=O)C1CC1)N1C[C@H](Oc2ncc(OC)c3ccc(Cl)cc23)C[C@H]1C(=O)NC(=O)[C@H](Nc1cccc(S(=O)(=O)NC(C)(C)C)c1)C(C)(C)C. The fourth-order valence-electron chi connectivity index (χ4n) is 7.44. The van der Waals surface area contributed by atoms with Crippen LogP contribution in [0, 0.1) is 11.3 Å². The number of rotatable bonds is 14. The van der Waals surface area contributed by atoms with Gasteiger partial charge in [0.05, 0.1) is 29.5 Å². The van der Waals surface area contributed by atoms with E-state index in [1.807, 2.05) is 0 Å². The number of amides is 3. The maximum absolute atomic E-state index is 14.4. The van der Waals surface area contributed by atoms with Gasteiger partial charge in [0.1, 0.15) is 23.4 Å². The van der Waals surface area contributed by atoms with Gasteiger partial charge in [0.25, 0.3) is 5.91 Å². The molecule has 1 saturated heterocycles. The summed E-state index contributed by atoms with van der Waals surface area (Å²) in [5, 5.41) is 6.65. The van der Waals surface area contributed by atoms with Crippen LogP contribution in [0.1, 0.15) is 67.2 Å². The number of sulfonamides is 2. The molecule has 1 aliphatic heterocycles. The maximum atomic E-state index is 14.4. The van der Waals surface area contributed by atoms with Crippen LogP contribution < -0.4 is 29.6 Å². The number of imide groups is 1. The molecule has 2 saturated carbocycles. The molecule has 3 amide bonds. The fraction of sp³-hybridized carbons (Fsp3) is 0.500. The molecule has 2 aromatic carbocycles. The molecule has 3 fully saturated rings. The Hall–Kier alpha value is -4.29. The topological polar surface area (TPSA) is 202 Å². The van der Waals surface area contributed by atoms with Gasteiger partial charge in [-0.3, -0.25) is 29.3 Å². The molecule has 0 bridgehead atoms. The first-order valence-corrected chi connectivity index (χ1v) is 22.4. The highest BCUT2D eigenvalue weighted by Crippen LogP contribution is 2.53. The standard InChI is InChI=1S/C40H51ClN6O9S2/c1-9-23-20-40(23,37(50)45-57(51,52)27-14-15-27)47-22-26(56-36-30-17-24(41)13-16-29(30)32(55-8)21-42-36)19-31(47)34(48)44-35(49)33(38(2,3)4)43-25-11-10-12-28(18-25)58(53,54)46-39(5,6)7/h9-13,16-18,21,23,26-27,31,33,43,46H,1,14-15,19-20,22H2,2-8H3,(H,45,50)(H,44,48,49)/t23-,26-,31+,33+,40-/m1/s1. The second-order valence-electron chi connectivity index (χ2n) is 17.3. The van der Waals surface area contributed by atoms with Crippen molar-refractivity contribution >= 4 is 65.8 Å². The van der Waals surface area contributed by atoms with Crippen molar-refractivity contribution in [1.82, 2.24) is 24.6 Å². The van der Waals surface area contributed by atoms with Crippen molar-refractivity contribution in [3.05, 3.63) is 66.3 Å². The highest BCUT2D eigenvalue weighted by Gasteiger charge is 2.67. The Bertz CT molecular complexity index is 2360. The third-order valence-corrected chi connectivity index (χ3v) is 14.3. The fourth-order valence-corrected chi connectivity index (χ4v) is 10.4. The van der Waals surface area contributed by atoms with E-state index in [0.717, 1.165) is 0 Å². The summed E-state index contributed by atoms with van der Waals surface area (Å²) >= 11 is 6.36. The first-order chi connectivity index (χ1) is 27.0. The molecule has 2 aliphatic carbocycles. The molecule has 0 unspecified atom stereocenters. The smallest absolute Gasteiger partial charge is 0.254 e. The van der Waals surface area contributed by atoms with Crippen LogP contribution in [0.25, 0.3) is 10.8 Å². The van der Waals surface area contributed by atoms with Gasteiger partial charge in [-0.15, -0.1) is 6.58 Å². The Morgan fingerprint density at radius 2 is 1.74 bits per heavy atom. The molecular weight excluding hydrogens is 808 g/mol. The minimum atomic E-state index is -3.95. The van der Waals surface area contributed by atoms with Crippen LogP contribution in [-0.4, -0.2) is 92.6 Å². The number of nitrogens with zero attached hydrogens (tertiary/aromatic N) is 2. The van der Waals surface area contributed by atoms with Gasteiger partial charge in [-0.2, -0.15) is 0 Å². The lowest BCUT2D eigenvalue weighted by Crippen LogP contribution is -2.59. The molecule has 4 N–H and O–H groups in total. The van der Waals surface area contributed by atoms with Gasteiger partial charge in [0.2, 0.25) is 37.7 Å². The molecule has 18 heteroatoms. The molecule has 5 atom stereocenters. The summed E-state index contributed by atoms with van der Waals surface area (Å²) in [7, 11) is -6.35. The average Bonchev–Trinajstić information content (AvgIpc) is 4.06. The van der Waals surface area contributed by atoms with Crippen LogP contribution >= 0.6 is 11.6 Å². The number of pyridine rings is 1. The zero-order chi connectivity index (χ0) is 42.6. The first kappa shape index (κ1) is 43.3. The van der Waals surface area contributed by atoms with Crippen LogP contribution in [0.2, 0.25) is 5.02 Å². The van der Waals surface area contributed by atoms with Crippen LogP contribution in [0.5, 0.6) is 11.6 Å². The lowest BCUT2D eigenvalue weighted by atomic mass is 9.85. The number of nitrogens with one attached hydrogen (secondary N) is 4. The van der Waals surface area contributed by atoms with Crippen LogP contribution in [0.3, 0.4) is 0 Å². The van der Waals surface area contributed by atoms with Gasteiger partial charge >= 0.3 is 0 Å². The zero-order valence-corrected chi connectivity index (χ0v) is 36.0. The Kier molecular flexibility index (Phi) is 11.7. The predicted octanol–water partition coefficient (Wildman–Crippen LogP) is 4.52. The Morgan fingerprint density at radius 1 is 1.03 bits per heavy atom. The zero-order valence-electron chi connectivity index (χ0n) is 33.6. The first-order valence-electron chi connectivity index (χ1n) is 19.0. The van der Waals surface area contributed by atoms with Gasteiger partial charge in [0.15, 0.2) is 0 Å². The van der Waals surface area contributed by atoms with Crippen LogP contribution in [0.15, 0.2) is 66.2 Å². The number of benzene rings is 2. The van der Waals surface area contributed by atoms with E-state index in [1.54, 1.807) is 82.9 Å². The summed E-state index contributed by atoms with van der Waals surface area (Å²) in [6.07, 6.45) is 3.36. The van der Waals surface area contributed by atoms with Crippen molar-refractivity contribution in [2.24, 2.45) is 11.3 Å². The van der Waals surface area contributed by atoms with Gasteiger partial charge in [-0.25, -0.2) is 26.5 Å². The Morgan fingerprint density at radius 3 is 2.34 bits per heavy atom. The third-order valence-electron chi connectivity index (χ3n) is 10.5. The highest BCUT2D eigenvalue weighted by atomic mass is 35.5. The number of hydrogen-bond donors (Lipinski definition) is 4. The average molecular weight is 859 g/mol. The number of likely N-dealkylation sites (tertiary alicyclic amines) is 1. The van der Waals surface area contributed by atoms with Crippen molar-refractivity contribution in [1.29, 1.82) is 0 Å².